The van der Waals surface area contributed by atoms with E-state index in [-0.39, 0.29) is 5.54 Å². The molecule has 1 aromatic heterocycles. The Hall–Kier alpha value is -1.90. The van der Waals surface area contributed by atoms with Crippen LogP contribution >= 0.6 is 11.6 Å². The van der Waals surface area contributed by atoms with Gasteiger partial charge in [0.25, 0.3) is 0 Å². The van der Waals surface area contributed by atoms with Crippen LogP contribution in [-0.2, 0) is 10.3 Å². The lowest BCUT2D eigenvalue weighted by Crippen LogP contribution is -2.02. The summed E-state index contributed by atoms with van der Waals surface area (Å²) < 4.78 is 1.70. The van der Waals surface area contributed by atoms with Gasteiger partial charge in [-0.1, -0.05) is 23.7 Å². The molecule has 0 N–H and O–H groups in total. The average molecular weight is 260 g/mol. The minimum atomic E-state index is -0.317. The summed E-state index contributed by atoms with van der Waals surface area (Å²) in [6, 6.07) is 7.83. The Bertz CT molecular complexity index is 622. The molecule has 4 nitrogen and oxygen atoms in total. The molecule has 1 heterocycles. The third-order valence-electron chi connectivity index (χ3n) is 3.20. The topological polar surface area (TPSA) is 47.2 Å². The van der Waals surface area contributed by atoms with Crippen molar-refractivity contribution in [1.82, 2.24) is 9.78 Å². The standard InChI is InChI=1S/C13H10ClN3O/c14-11-7-16-17(8-11)12-3-1-10(2-4-12)13(5-6-13)15-9-18/h1-4,7-8H,5-6H2. The number of aromatic nitrogens is 2. The highest BCUT2D eigenvalue weighted by atomic mass is 35.5. The predicted molar refractivity (Wildman–Crippen MR) is 67.6 cm³/mol. The highest BCUT2D eigenvalue weighted by Gasteiger charge is 2.44. The molecule has 0 unspecified atom stereocenters. The van der Waals surface area contributed by atoms with E-state index in [0.717, 1.165) is 24.1 Å². The number of rotatable bonds is 3. The SMILES string of the molecule is O=C=NC1(c2ccc(-n3cc(Cl)cn3)cc2)CC1. The van der Waals surface area contributed by atoms with Gasteiger partial charge in [-0.3, -0.25) is 0 Å². The molecule has 0 amide bonds. The Balaban J connectivity index is 1.92. The minimum absolute atomic E-state index is 0.317. The molecule has 0 spiro atoms. The fraction of sp³-hybridized carbons (Fsp3) is 0.231. The summed E-state index contributed by atoms with van der Waals surface area (Å²) in [5.74, 6) is 0. The maximum Gasteiger partial charge on any atom is 0.235 e. The summed E-state index contributed by atoms with van der Waals surface area (Å²) >= 11 is 5.82. The number of aliphatic imine (C=N–C) groups is 1. The van der Waals surface area contributed by atoms with Crippen LogP contribution in [0.25, 0.3) is 5.69 Å². The largest absolute Gasteiger partial charge is 0.239 e. The molecule has 1 aliphatic carbocycles. The summed E-state index contributed by atoms with van der Waals surface area (Å²) in [5, 5.41) is 4.73. The molecule has 1 saturated carbocycles. The van der Waals surface area contributed by atoms with Gasteiger partial charge in [-0.15, -0.1) is 0 Å². The van der Waals surface area contributed by atoms with E-state index in [1.807, 2.05) is 24.3 Å². The van der Waals surface area contributed by atoms with Gasteiger partial charge in [0.1, 0.15) is 0 Å². The van der Waals surface area contributed by atoms with Gasteiger partial charge >= 0.3 is 0 Å². The maximum absolute atomic E-state index is 10.4. The monoisotopic (exact) mass is 259 g/mol. The van der Waals surface area contributed by atoms with Crippen LogP contribution in [0.3, 0.4) is 0 Å². The smallest absolute Gasteiger partial charge is 0.235 e. The van der Waals surface area contributed by atoms with Crippen molar-refractivity contribution >= 4 is 17.7 Å². The zero-order valence-corrected chi connectivity index (χ0v) is 10.3. The molecule has 1 fully saturated rings. The van der Waals surface area contributed by atoms with Crippen LogP contribution < -0.4 is 0 Å². The molecule has 3 rings (SSSR count). The average Bonchev–Trinajstić information content (AvgIpc) is 3.04. The second-order valence-corrected chi connectivity index (χ2v) is 4.82. The molecule has 18 heavy (non-hydrogen) atoms. The van der Waals surface area contributed by atoms with Crippen LogP contribution in [-0.4, -0.2) is 15.9 Å². The van der Waals surface area contributed by atoms with Gasteiger partial charge in [-0.05, 0) is 30.5 Å². The predicted octanol–water partition coefficient (Wildman–Crippen LogP) is 2.85. The van der Waals surface area contributed by atoms with Crippen molar-refractivity contribution in [1.29, 1.82) is 0 Å². The quantitative estimate of drug-likeness (QED) is 0.629. The van der Waals surface area contributed by atoms with Crippen molar-refractivity contribution in [2.75, 3.05) is 0 Å². The Morgan fingerprint density at radius 2 is 2.06 bits per heavy atom. The second-order valence-electron chi connectivity index (χ2n) is 4.38. The lowest BCUT2D eigenvalue weighted by Gasteiger charge is -2.09. The van der Waals surface area contributed by atoms with Crippen LogP contribution in [0.2, 0.25) is 5.02 Å². The van der Waals surface area contributed by atoms with Gasteiger partial charge in [0.05, 0.1) is 22.4 Å². The number of benzene rings is 1. The second kappa shape index (κ2) is 4.09. The normalized spacial score (nSPS) is 16.1. The van der Waals surface area contributed by atoms with E-state index in [2.05, 4.69) is 10.1 Å². The Kier molecular flexibility index (Phi) is 2.54. The first-order valence-corrected chi connectivity index (χ1v) is 6.01. The molecule has 0 aliphatic heterocycles. The van der Waals surface area contributed by atoms with E-state index in [9.17, 15) is 4.79 Å². The van der Waals surface area contributed by atoms with E-state index < -0.39 is 0 Å². The van der Waals surface area contributed by atoms with Crippen molar-refractivity contribution in [2.45, 2.75) is 18.4 Å². The van der Waals surface area contributed by atoms with Gasteiger partial charge in [0.2, 0.25) is 6.08 Å². The number of isocyanates is 1. The molecule has 2 aromatic rings. The first-order chi connectivity index (χ1) is 8.73. The molecule has 0 atom stereocenters. The third-order valence-corrected chi connectivity index (χ3v) is 3.40. The Morgan fingerprint density at radius 1 is 1.33 bits per heavy atom. The van der Waals surface area contributed by atoms with Crippen LogP contribution in [0.15, 0.2) is 41.7 Å². The molecule has 1 aromatic carbocycles. The molecule has 1 aliphatic rings. The molecule has 5 heteroatoms. The van der Waals surface area contributed by atoms with Crippen molar-refractivity contribution in [3.05, 3.63) is 47.2 Å². The van der Waals surface area contributed by atoms with Crippen molar-refractivity contribution in [3.8, 4) is 5.69 Å². The number of nitrogens with zero attached hydrogens (tertiary/aromatic N) is 3. The molecule has 0 saturated heterocycles. The van der Waals surface area contributed by atoms with E-state index in [1.165, 1.54) is 0 Å². The number of halogens is 1. The first kappa shape index (κ1) is 11.2. The fourth-order valence-corrected chi connectivity index (χ4v) is 2.17. The zero-order chi connectivity index (χ0) is 12.6. The van der Waals surface area contributed by atoms with Crippen molar-refractivity contribution in [3.63, 3.8) is 0 Å². The number of carbonyl (C=O) groups excluding carboxylic acids is 1. The molecular weight excluding hydrogens is 250 g/mol. The highest BCUT2D eigenvalue weighted by molar-refractivity contribution is 6.30. The van der Waals surface area contributed by atoms with E-state index in [0.29, 0.717) is 5.02 Å². The highest BCUT2D eigenvalue weighted by Crippen LogP contribution is 2.49. The molecule has 90 valence electrons. The summed E-state index contributed by atoms with van der Waals surface area (Å²) in [5.41, 5.74) is 1.66. The van der Waals surface area contributed by atoms with Crippen LogP contribution in [0.5, 0.6) is 0 Å². The fourth-order valence-electron chi connectivity index (χ4n) is 2.04. The maximum atomic E-state index is 10.4. The Labute approximate surface area is 109 Å². The third kappa shape index (κ3) is 1.86. The van der Waals surface area contributed by atoms with Crippen molar-refractivity contribution in [2.24, 2.45) is 4.99 Å². The van der Waals surface area contributed by atoms with E-state index in [1.54, 1.807) is 23.2 Å². The first-order valence-electron chi connectivity index (χ1n) is 5.64. The minimum Gasteiger partial charge on any atom is -0.239 e. The zero-order valence-electron chi connectivity index (χ0n) is 9.51. The Morgan fingerprint density at radius 3 is 2.56 bits per heavy atom. The summed E-state index contributed by atoms with van der Waals surface area (Å²) in [7, 11) is 0. The van der Waals surface area contributed by atoms with Gasteiger partial charge < -0.3 is 0 Å². The molecule has 0 bridgehead atoms. The van der Waals surface area contributed by atoms with Gasteiger partial charge in [-0.2, -0.15) is 10.1 Å². The van der Waals surface area contributed by atoms with E-state index >= 15 is 0 Å². The number of hydrogen-bond acceptors (Lipinski definition) is 3. The molecular formula is C13H10ClN3O. The molecule has 0 radical (unpaired) electrons. The number of hydrogen-bond donors (Lipinski definition) is 0. The van der Waals surface area contributed by atoms with Gasteiger partial charge in [-0.25, -0.2) is 9.48 Å². The van der Waals surface area contributed by atoms with Crippen LogP contribution in [0.1, 0.15) is 18.4 Å². The van der Waals surface area contributed by atoms with Crippen molar-refractivity contribution < 1.29 is 4.79 Å². The summed E-state index contributed by atoms with van der Waals surface area (Å²) in [4.78, 5) is 14.3. The van der Waals surface area contributed by atoms with E-state index in [4.69, 9.17) is 11.6 Å². The lowest BCUT2D eigenvalue weighted by molar-refractivity contribution is 0.556. The summed E-state index contributed by atoms with van der Waals surface area (Å²) in [6.07, 6.45) is 6.82. The van der Waals surface area contributed by atoms with Gasteiger partial charge in [0.15, 0.2) is 0 Å². The van der Waals surface area contributed by atoms with Crippen LogP contribution in [0.4, 0.5) is 0 Å². The summed E-state index contributed by atoms with van der Waals surface area (Å²) in [6.45, 7) is 0. The van der Waals surface area contributed by atoms with Crippen LogP contribution in [0, 0.1) is 0 Å². The lowest BCUT2D eigenvalue weighted by atomic mass is 10.1. The van der Waals surface area contributed by atoms with Gasteiger partial charge in [0, 0.05) is 6.20 Å².